The van der Waals surface area contributed by atoms with Crippen LogP contribution in [-0.2, 0) is 9.47 Å². The average Bonchev–Trinajstić information content (AvgIpc) is 2.80. The van der Waals surface area contributed by atoms with E-state index in [0.29, 0.717) is 31.3 Å². The van der Waals surface area contributed by atoms with Crippen LogP contribution in [0.5, 0.6) is 0 Å². The molecule has 1 unspecified atom stereocenters. The highest BCUT2D eigenvalue weighted by atomic mass is 16.5. The second-order valence-electron chi connectivity index (χ2n) is 7.01. The van der Waals surface area contributed by atoms with Crippen molar-refractivity contribution in [1.82, 2.24) is 14.9 Å². The van der Waals surface area contributed by atoms with Gasteiger partial charge in [0, 0.05) is 45.2 Å². The number of carbonyl (C=O) groups excluding carboxylic acids is 1. The van der Waals surface area contributed by atoms with Crippen LogP contribution < -0.4 is 4.90 Å². The standard InChI is InChI=1S/C23H30N4O3/c1-3-29-18-21(11-10-19-8-6-5-7-9-19)26-12-14-27(15-13-26)23-24-16-20(17-25-23)22(28)30-4-2/h5-11,16-17,21H,3-4,12-15,18H2,1-2H3/b11-10+. The molecule has 30 heavy (non-hydrogen) atoms. The summed E-state index contributed by atoms with van der Waals surface area (Å²) in [6.07, 6.45) is 7.46. The third-order valence-electron chi connectivity index (χ3n) is 5.02. The molecule has 0 spiro atoms. The first-order chi connectivity index (χ1) is 14.7. The molecule has 1 aromatic carbocycles. The molecule has 1 fully saturated rings. The fourth-order valence-electron chi connectivity index (χ4n) is 3.37. The van der Waals surface area contributed by atoms with Gasteiger partial charge in [-0.2, -0.15) is 0 Å². The second-order valence-corrected chi connectivity index (χ2v) is 7.01. The number of esters is 1. The number of aromatic nitrogens is 2. The first kappa shape index (κ1) is 21.9. The Hall–Kier alpha value is -2.77. The SMILES string of the molecule is CCOCC(/C=C/c1ccccc1)N1CCN(c2ncc(C(=O)OCC)cn2)CC1. The Balaban J connectivity index is 1.59. The van der Waals surface area contributed by atoms with E-state index in [9.17, 15) is 4.79 Å². The zero-order chi connectivity index (χ0) is 21.2. The first-order valence-corrected chi connectivity index (χ1v) is 10.5. The summed E-state index contributed by atoms with van der Waals surface area (Å²) in [5.41, 5.74) is 1.56. The lowest BCUT2D eigenvalue weighted by Gasteiger charge is -2.38. The van der Waals surface area contributed by atoms with Crippen LogP contribution in [-0.4, -0.2) is 72.9 Å². The third-order valence-corrected chi connectivity index (χ3v) is 5.02. The number of benzene rings is 1. The summed E-state index contributed by atoms with van der Waals surface area (Å²) >= 11 is 0. The van der Waals surface area contributed by atoms with Crippen molar-refractivity contribution in [2.75, 3.05) is 50.9 Å². The van der Waals surface area contributed by atoms with Crippen LogP contribution in [0, 0.1) is 0 Å². The van der Waals surface area contributed by atoms with E-state index in [1.165, 1.54) is 18.0 Å². The first-order valence-electron chi connectivity index (χ1n) is 10.5. The molecule has 1 aliphatic heterocycles. The Labute approximate surface area is 178 Å². The largest absolute Gasteiger partial charge is 0.462 e. The normalized spacial score (nSPS) is 16.0. The number of ether oxygens (including phenoxy) is 2. The highest BCUT2D eigenvalue weighted by molar-refractivity contribution is 5.88. The lowest BCUT2D eigenvalue weighted by molar-refractivity contribution is 0.0525. The molecule has 3 rings (SSSR count). The minimum Gasteiger partial charge on any atom is -0.462 e. The van der Waals surface area contributed by atoms with Crippen molar-refractivity contribution >= 4 is 18.0 Å². The third kappa shape index (κ3) is 6.11. The van der Waals surface area contributed by atoms with Crippen molar-refractivity contribution in [3.05, 3.63) is 59.9 Å². The van der Waals surface area contributed by atoms with Gasteiger partial charge in [-0.3, -0.25) is 4.90 Å². The number of carbonyl (C=O) groups is 1. The predicted molar refractivity (Wildman–Crippen MR) is 118 cm³/mol. The minimum absolute atomic E-state index is 0.222. The molecule has 0 saturated carbocycles. The van der Waals surface area contributed by atoms with Gasteiger partial charge in [0.05, 0.1) is 24.8 Å². The molecule has 1 atom stereocenters. The van der Waals surface area contributed by atoms with Crippen LogP contribution in [0.4, 0.5) is 5.95 Å². The van der Waals surface area contributed by atoms with Gasteiger partial charge >= 0.3 is 5.97 Å². The molecular weight excluding hydrogens is 380 g/mol. The summed E-state index contributed by atoms with van der Waals surface area (Å²) in [7, 11) is 0. The molecule has 0 radical (unpaired) electrons. The molecule has 0 N–H and O–H groups in total. The van der Waals surface area contributed by atoms with Gasteiger partial charge in [-0.25, -0.2) is 14.8 Å². The van der Waals surface area contributed by atoms with Gasteiger partial charge in [0.2, 0.25) is 5.95 Å². The number of anilines is 1. The molecule has 0 aliphatic carbocycles. The van der Waals surface area contributed by atoms with Gasteiger partial charge in [0.15, 0.2) is 0 Å². The van der Waals surface area contributed by atoms with Gasteiger partial charge in [-0.05, 0) is 19.4 Å². The maximum atomic E-state index is 11.8. The molecule has 1 saturated heterocycles. The minimum atomic E-state index is -0.391. The van der Waals surface area contributed by atoms with Crippen molar-refractivity contribution < 1.29 is 14.3 Å². The molecule has 160 valence electrons. The number of hydrogen-bond donors (Lipinski definition) is 0. The van der Waals surface area contributed by atoms with Crippen LogP contribution in [0.15, 0.2) is 48.8 Å². The molecule has 0 amide bonds. The Morgan fingerprint density at radius 1 is 1.07 bits per heavy atom. The molecular formula is C23H30N4O3. The average molecular weight is 411 g/mol. The molecule has 1 aromatic heterocycles. The molecule has 7 nitrogen and oxygen atoms in total. The monoisotopic (exact) mass is 410 g/mol. The van der Waals surface area contributed by atoms with Gasteiger partial charge in [-0.15, -0.1) is 0 Å². The van der Waals surface area contributed by atoms with Crippen molar-refractivity contribution in [2.45, 2.75) is 19.9 Å². The van der Waals surface area contributed by atoms with E-state index in [1.807, 2.05) is 25.1 Å². The Morgan fingerprint density at radius 2 is 1.77 bits per heavy atom. The van der Waals surface area contributed by atoms with E-state index in [-0.39, 0.29) is 6.04 Å². The van der Waals surface area contributed by atoms with E-state index < -0.39 is 5.97 Å². The van der Waals surface area contributed by atoms with Crippen LogP contribution in [0.3, 0.4) is 0 Å². The van der Waals surface area contributed by atoms with E-state index in [4.69, 9.17) is 9.47 Å². The Morgan fingerprint density at radius 3 is 2.40 bits per heavy atom. The smallest absolute Gasteiger partial charge is 0.341 e. The zero-order valence-corrected chi connectivity index (χ0v) is 17.7. The number of hydrogen-bond acceptors (Lipinski definition) is 7. The lowest BCUT2D eigenvalue weighted by Crippen LogP contribution is -2.51. The topological polar surface area (TPSA) is 67.8 Å². The number of nitrogens with zero attached hydrogens (tertiary/aromatic N) is 4. The van der Waals surface area contributed by atoms with Crippen molar-refractivity contribution in [2.24, 2.45) is 0 Å². The van der Waals surface area contributed by atoms with E-state index >= 15 is 0 Å². The van der Waals surface area contributed by atoms with Gasteiger partial charge in [0.1, 0.15) is 0 Å². The Bertz CT molecular complexity index is 803. The van der Waals surface area contributed by atoms with Gasteiger partial charge < -0.3 is 14.4 Å². The summed E-state index contributed by atoms with van der Waals surface area (Å²) in [5.74, 6) is 0.252. The Kier molecular flexibility index (Phi) is 8.35. The summed E-state index contributed by atoms with van der Waals surface area (Å²) in [6.45, 7) is 8.93. The summed E-state index contributed by atoms with van der Waals surface area (Å²) < 4.78 is 10.7. The van der Waals surface area contributed by atoms with Crippen molar-refractivity contribution in [3.63, 3.8) is 0 Å². The fourth-order valence-corrected chi connectivity index (χ4v) is 3.37. The van der Waals surface area contributed by atoms with Crippen molar-refractivity contribution in [3.8, 4) is 0 Å². The number of rotatable bonds is 9. The lowest BCUT2D eigenvalue weighted by atomic mass is 10.1. The van der Waals surface area contributed by atoms with E-state index in [2.05, 4.69) is 44.1 Å². The van der Waals surface area contributed by atoms with E-state index in [0.717, 1.165) is 26.2 Å². The molecule has 1 aliphatic rings. The molecule has 7 heteroatoms. The van der Waals surface area contributed by atoms with Crippen LogP contribution in [0.25, 0.3) is 6.08 Å². The maximum absolute atomic E-state index is 11.8. The quantitative estimate of drug-likeness (QED) is 0.589. The summed E-state index contributed by atoms with van der Waals surface area (Å²) in [4.78, 5) is 25.0. The molecule has 2 aromatic rings. The predicted octanol–water partition coefficient (Wildman–Crippen LogP) is 2.89. The zero-order valence-electron chi connectivity index (χ0n) is 17.7. The summed E-state index contributed by atoms with van der Waals surface area (Å²) in [5, 5.41) is 0. The van der Waals surface area contributed by atoms with Crippen molar-refractivity contribution in [1.29, 1.82) is 0 Å². The summed E-state index contributed by atoms with van der Waals surface area (Å²) in [6, 6.07) is 10.5. The molecule has 2 heterocycles. The van der Waals surface area contributed by atoms with Gasteiger partial charge in [-0.1, -0.05) is 42.5 Å². The molecule has 0 bridgehead atoms. The second kappa shape index (κ2) is 11.4. The number of piperazine rings is 1. The van der Waals surface area contributed by atoms with E-state index in [1.54, 1.807) is 6.92 Å². The highest BCUT2D eigenvalue weighted by Crippen LogP contribution is 2.15. The highest BCUT2D eigenvalue weighted by Gasteiger charge is 2.24. The maximum Gasteiger partial charge on any atom is 0.341 e. The fraction of sp³-hybridized carbons (Fsp3) is 0.435. The van der Waals surface area contributed by atoms with Crippen LogP contribution in [0.1, 0.15) is 29.8 Å². The van der Waals surface area contributed by atoms with Gasteiger partial charge in [0.25, 0.3) is 0 Å². The van der Waals surface area contributed by atoms with Crippen LogP contribution in [0.2, 0.25) is 0 Å². The van der Waals surface area contributed by atoms with Crippen LogP contribution >= 0.6 is 0 Å².